The number of carboxylic acid groups (broad SMARTS) is 1. The number of carbonyl (C=O) groups excluding carboxylic acids is 1. The maximum Gasteiger partial charge on any atom is 0.304 e. The van der Waals surface area contributed by atoms with E-state index in [1.54, 1.807) is 30.0 Å². The van der Waals surface area contributed by atoms with Crippen molar-refractivity contribution in [1.82, 2.24) is 4.90 Å². The van der Waals surface area contributed by atoms with Crippen LogP contribution in [-0.2, 0) is 9.59 Å². The van der Waals surface area contributed by atoms with Gasteiger partial charge in [0.25, 0.3) is 0 Å². The Morgan fingerprint density at radius 3 is 2.36 bits per heavy atom. The van der Waals surface area contributed by atoms with E-state index >= 15 is 0 Å². The first-order valence-corrected chi connectivity index (χ1v) is 11.7. The van der Waals surface area contributed by atoms with E-state index in [1.165, 1.54) is 0 Å². The molecule has 3 rings (SSSR count). The molecule has 1 amide bonds. The fourth-order valence-corrected chi connectivity index (χ4v) is 5.35. The quantitative estimate of drug-likeness (QED) is 0.496. The summed E-state index contributed by atoms with van der Waals surface area (Å²) in [5, 5.41) is 31.1. The molecule has 1 saturated heterocycles. The summed E-state index contributed by atoms with van der Waals surface area (Å²) in [5.74, 6) is -1.73. The summed E-state index contributed by atoms with van der Waals surface area (Å²) < 4.78 is 0. The van der Waals surface area contributed by atoms with Crippen LogP contribution in [0.1, 0.15) is 56.2 Å². The third kappa shape index (κ3) is 5.35. The molecule has 1 fully saturated rings. The highest BCUT2D eigenvalue weighted by Crippen LogP contribution is 2.52. The van der Waals surface area contributed by atoms with Gasteiger partial charge < -0.3 is 20.2 Å². The zero-order valence-corrected chi connectivity index (χ0v) is 20.1. The Bertz CT molecular complexity index is 999. The largest absolute Gasteiger partial charge is 0.481 e. The lowest BCUT2D eigenvalue weighted by Gasteiger charge is -2.52. The van der Waals surface area contributed by atoms with Crippen molar-refractivity contribution in [2.24, 2.45) is 5.41 Å². The lowest BCUT2D eigenvalue weighted by atomic mass is 9.67. The lowest BCUT2D eigenvalue weighted by molar-refractivity contribution is -0.164. The molecular formula is C25H29Cl2NO5. The first-order chi connectivity index (χ1) is 15.6. The number of rotatable bonds is 8. The molecule has 8 heteroatoms. The molecule has 0 bridgehead atoms. The summed E-state index contributed by atoms with van der Waals surface area (Å²) in [4.78, 5) is 27.2. The average Bonchev–Trinajstić information content (AvgIpc) is 2.77. The van der Waals surface area contributed by atoms with Crippen molar-refractivity contribution < 1.29 is 24.9 Å². The van der Waals surface area contributed by atoms with Crippen molar-refractivity contribution in [2.45, 2.75) is 57.2 Å². The third-order valence-corrected chi connectivity index (χ3v) is 7.03. The molecule has 2 aromatic carbocycles. The van der Waals surface area contributed by atoms with Gasteiger partial charge in [-0.05, 0) is 48.2 Å². The first kappa shape index (κ1) is 25.5. The van der Waals surface area contributed by atoms with Crippen LogP contribution in [0.5, 0.6) is 0 Å². The van der Waals surface area contributed by atoms with Gasteiger partial charge in [-0.2, -0.15) is 0 Å². The third-order valence-electron chi connectivity index (χ3n) is 6.54. The summed E-state index contributed by atoms with van der Waals surface area (Å²) in [6, 6.07) is 13.3. The monoisotopic (exact) mass is 493 g/mol. The number of carbonyl (C=O) groups is 2. The van der Waals surface area contributed by atoms with Gasteiger partial charge in [-0.15, -0.1) is 0 Å². The van der Waals surface area contributed by atoms with Crippen molar-refractivity contribution in [3.05, 3.63) is 69.7 Å². The van der Waals surface area contributed by atoms with Crippen LogP contribution in [0.4, 0.5) is 0 Å². The predicted octanol–water partition coefficient (Wildman–Crippen LogP) is 4.66. The van der Waals surface area contributed by atoms with E-state index < -0.39 is 36.2 Å². The molecule has 1 aliphatic heterocycles. The average molecular weight is 494 g/mol. The molecule has 5 atom stereocenters. The summed E-state index contributed by atoms with van der Waals surface area (Å²) in [7, 11) is 0. The van der Waals surface area contributed by atoms with Crippen LogP contribution in [0.2, 0.25) is 10.0 Å². The first-order valence-electron chi connectivity index (χ1n) is 11.0. The smallest absolute Gasteiger partial charge is 0.304 e. The zero-order chi connectivity index (χ0) is 24.3. The highest BCUT2D eigenvalue weighted by molar-refractivity contribution is 6.30. The van der Waals surface area contributed by atoms with Gasteiger partial charge in [0.2, 0.25) is 5.91 Å². The molecule has 178 valence electrons. The van der Waals surface area contributed by atoms with E-state index in [0.29, 0.717) is 16.5 Å². The second-order valence-electron chi connectivity index (χ2n) is 8.93. The van der Waals surface area contributed by atoms with Crippen LogP contribution in [0, 0.1) is 5.41 Å². The molecule has 1 aliphatic rings. The Balaban J connectivity index is 2.25. The minimum atomic E-state index is -1.20. The number of halogens is 2. The minimum absolute atomic E-state index is 0.286. The molecule has 1 heterocycles. The Morgan fingerprint density at radius 1 is 1.15 bits per heavy atom. The van der Waals surface area contributed by atoms with Gasteiger partial charge in [-0.3, -0.25) is 9.59 Å². The molecule has 6 nitrogen and oxygen atoms in total. The number of piperidine rings is 1. The Labute approximate surface area is 203 Å². The van der Waals surface area contributed by atoms with Crippen molar-refractivity contribution in [1.29, 1.82) is 0 Å². The summed E-state index contributed by atoms with van der Waals surface area (Å²) in [6.45, 7) is 2.96. The van der Waals surface area contributed by atoms with Gasteiger partial charge >= 0.3 is 5.97 Å². The number of aliphatic hydroxyl groups is 2. The minimum Gasteiger partial charge on any atom is -0.481 e. The molecule has 0 aromatic heterocycles. The molecule has 0 saturated carbocycles. The maximum atomic E-state index is 13.9. The molecule has 0 radical (unpaired) electrons. The van der Waals surface area contributed by atoms with Crippen LogP contribution in [0.15, 0.2) is 48.5 Å². The van der Waals surface area contributed by atoms with Crippen molar-refractivity contribution >= 4 is 35.1 Å². The van der Waals surface area contributed by atoms with Gasteiger partial charge in [0.05, 0.1) is 36.6 Å². The summed E-state index contributed by atoms with van der Waals surface area (Å²) >= 11 is 12.4. The van der Waals surface area contributed by atoms with Crippen LogP contribution in [-0.4, -0.2) is 50.8 Å². The van der Waals surface area contributed by atoms with E-state index in [1.807, 2.05) is 37.3 Å². The molecule has 2 unspecified atom stereocenters. The number of aliphatic hydroxyl groups excluding tert-OH is 2. The Kier molecular flexibility index (Phi) is 8.06. The molecule has 3 N–H and O–H groups in total. The molecule has 2 aromatic rings. The number of aliphatic carboxylic acids is 1. The van der Waals surface area contributed by atoms with E-state index in [4.69, 9.17) is 23.2 Å². The van der Waals surface area contributed by atoms with E-state index in [0.717, 1.165) is 11.1 Å². The second-order valence-corrected chi connectivity index (χ2v) is 9.80. The van der Waals surface area contributed by atoms with Gasteiger partial charge in [0, 0.05) is 16.0 Å². The zero-order valence-electron chi connectivity index (χ0n) is 18.6. The number of benzene rings is 2. The fourth-order valence-electron chi connectivity index (χ4n) is 5.02. The van der Waals surface area contributed by atoms with E-state index in [-0.39, 0.29) is 24.7 Å². The van der Waals surface area contributed by atoms with Gasteiger partial charge in [-0.1, -0.05) is 61.3 Å². The number of hydrogen-bond donors (Lipinski definition) is 3. The molecule has 33 heavy (non-hydrogen) atoms. The predicted molar refractivity (Wildman–Crippen MR) is 127 cm³/mol. The number of likely N-dealkylation sites (tertiary alicyclic amines) is 1. The maximum absolute atomic E-state index is 13.9. The van der Waals surface area contributed by atoms with Crippen LogP contribution >= 0.6 is 23.2 Å². The highest BCUT2D eigenvalue weighted by Gasteiger charge is 2.53. The molecular weight excluding hydrogens is 465 g/mol. The number of nitrogens with zero attached hydrogens (tertiary/aromatic N) is 1. The highest BCUT2D eigenvalue weighted by atomic mass is 35.5. The van der Waals surface area contributed by atoms with E-state index in [9.17, 15) is 24.9 Å². The van der Waals surface area contributed by atoms with E-state index in [2.05, 4.69) is 0 Å². The summed E-state index contributed by atoms with van der Waals surface area (Å²) in [5.41, 5.74) is 0.466. The van der Waals surface area contributed by atoms with Gasteiger partial charge in [0.1, 0.15) is 0 Å². The normalized spacial score (nSPS) is 25.0. The number of carboxylic acids is 1. The summed E-state index contributed by atoms with van der Waals surface area (Å²) in [6.07, 6.45) is -0.865. The van der Waals surface area contributed by atoms with Crippen LogP contribution in [0.25, 0.3) is 0 Å². The topological polar surface area (TPSA) is 98.1 Å². The Hall–Kier alpha value is -2.12. The van der Waals surface area contributed by atoms with Crippen molar-refractivity contribution in [2.75, 3.05) is 6.61 Å². The second kappa shape index (κ2) is 10.4. The molecule has 0 spiro atoms. The van der Waals surface area contributed by atoms with Crippen molar-refractivity contribution in [3.8, 4) is 0 Å². The fraction of sp³-hybridized carbons (Fsp3) is 0.440. The van der Waals surface area contributed by atoms with Gasteiger partial charge in [0.15, 0.2) is 0 Å². The van der Waals surface area contributed by atoms with Crippen LogP contribution < -0.4 is 0 Å². The standard InChI is InChI=1S/C25H29Cl2NO5/c1-3-20(21(30)14-29)28-23(15-7-9-17(26)10-8-15)19(16-5-4-6-18(27)11-16)12-25(2,24(28)33)13-22(31)32/h4-11,19-21,23,29-30H,3,12-14H2,1-2H3,(H,31,32)/t19-,20?,21?,23-,25-/m1/s1. The van der Waals surface area contributed by atoms with Crippen LogP contribution in [0.3, 0.4) is 0 Å². The number of hydrogen-bond acceptors (Lipinski definition) is 4. The lowest BCUT2D eigenvalue weighted by Crippen LogP contribution is -2.59. The number of amides is 1. The SMILES string of the molecule is CCC(C(O)CO)N1C(=O)[C@@](C)(CC(=O)O)C[C@H](c2cccc(Cl)c2)[C@H]1c1ccc(Cl)cc1. The van der Waals surface area contributed by atoms with Crippen molar-refractivity contribution in [3.63, 3.8) is 0 Å². The Morgan fingerprint density at radius 2 is 1.82 bits per heavy atom. The molecule has 0 aliphatic carbocycles. The van der Waals surface area contributed by atoms with Gasteiger partial charge in [-0.25, -0.2) is 0 Å².